The van der Waals surface area contributed by atoms with Gasteiger partial charge in [-0.15, -0.1) is 0 Å². The van der Waals surface area contributed by atoms with E-state index in [1.807, 2.05) is 13.8 Å². The Morgan fingerprint density at radius 3 is 1.53 bits per heavy atom. The smallest absolute Gasteiger partial charge is 0.0960 e. The first-order valence-electron chi connectivity index (χ1n) is 8.00. The predicted octanol–water partition coefficient (Wildman–Crippen LogP) is 5.57. The highest BCUT2D eigenvalue weighted by molar-refractivity contribution is 4.77. The molecule has 0 aromatic carbocycles. The van der Waals surface area contributed by atoms with Crippen molar-refractivity contribution in [2.24, 2.45) is 29.6 Å². The minimum absolute atomic E-state index is 0.205. The van der Waals surface area contributed by atoms with Crippen molar-refractivity contribution < 1.29 is 9.78 Å². The van der Waals surface area contributed by atoms with Gasteiger partial charge < -0.3 is 0 Å². The van der Waals surface area contributed by atoms with Crippen molar-refractivity contribution in [2.75, 3.05) is 7.11 Å². The van der Waals surface area contributed by atoms with Crippen molar-refractivity contribution >= 4 is 0 Å². The Labute approximate surface area is 122 Å². The zero-order valence-corrected chi connectivity index (χ0v) is 15.0. The molecule has 0 bridgehead atoms. The molecule has 0 rings (SSSR count). The van der Waals surface area contributed by atoms with Crippen LogP contribution in [0.4, 0.5) is 0 Å². The molecule has 0 aliphatic rings. The Kier molecular flexibility index (Phi) is 13.1. The van der Waals surface area contributed by atoms with E-state index in [1.54, 1.807) is 7.11 Å². The molecule has 0 aliphatic carbocycles. The summed E-state index contributed by atoms with van der Waals surface area (Å²) >= 11 is 0. The van der Waals surface area contributed by atoms with Crippen LogP contribution in [0, 0.1) is 29.6 Å². The zero-order valence-electron chi connectivity index (χ0n) is 15.0. The van der Waals surface area contributed by atoms with E-state index in [2.05, 4.69) is 48.5 Å². The summed E-state index contributed by atoms with van der Waals surface area (Å²) in [4.78, 5) is 10.4. The number of hydrogen-bond donors (Lipinski definition) is 0. The van der Waals surface area contributed by atoms with E-state index in [0.717, 1.165) is 12.3 Å². The maximum absolute atomic E-state index is 5.47. The molecule has 0 saturated carbocycles. The lowest BCUT2D eigenvalue weighted by atomic mass is 9.75. The first-order valence-corrected chi connectivity index (χ1v) is 8.00. The second-order valence-electron chi connectivity index (χ2n) is 6.25. The average Bonchev–Trinajstić information content (AvgIpc) is 2.37. The fraction of sp³-hybridized carbons (Fsp3) is 1.00. The molecule has 0 radical (unpaired) electrons. The number of rotatable bonds is 8. The van der Waals surface area contributed by atoms with Crippen LogP contribution in [0.1, 0.15) is 68.7 Å². The van der Waals surface area contributed by atoms with Gasteiger partial charge in [-0.05, 0) is 36.0 Å². The Morgan fingerprint density at radius 2 is 1.21 bits per heavy atom. The molecule has 4 atom stereocenters. The lowest BCUT2D eigenvalue weighted by Gasteiger charge is -2.33. The number of hydrogen-bond acceptors (Lipinski definition) is 2. The molecule has 0 fully saturated rings. The van der Waals surface area contributed by atoms with E-state index in [0.29, 0.717) is 23.7 Å². The lowest BCUT2D eigenvalue weighted by Crippen LogP contribution is -2.32. The zero-order chi connectivity index (χ0) is 15.6. The third kappa shape index (κ3) is 8.65. The maximum Gasteiger partial charge on any atom is 0.0960 e. The largest absolute Gasteiger partial charge is 0.240 e. The van der Waals surface area contributed by atoms with Crippen LogP contribution in [0.25, 0.3) is 0 Å². The molecular weight excluding hydrogens is 236 g/mol. The molecule has 0 aromatic rings. The van der Waals surface area contributed by atoms with Crippen molar-refractivity contribution in [3.05, 3.63) is 0 Å². The minimum Gasteiger partial charge on any atom is -0.240 e. The molecule has 0 heterocycles. The van der Waals surface area contributed by atoms with Gasteiger partial charge in [0, 0.05) is 0 Å². The lowest BCUT2D eigenvalue weighted by molar-refractivity contribution is -0.320. The van der Waals surface area contributed by atoms with Gasteiger partial charge in [0.15, 0.2) is 0 Å². The highest BCUT2D eigenvalue weighted by Gasteiger charge is 2.29. The summed E-state index contributed by atoms with van der Waals surface area (Å²) in [5, 5.41) is 0. The van der Waals surface area contributed by atoms with E-state index in [9.17, 15) is 0 Å². The molecule has 118 valence electrons. The highest BCUT2D eigenvalue weighted by atomic mass is 17.2. The molecule has 0 N–H and O–H groups in total. The third-order valence-electron chi connectivity index (χ3n) is 4.22. The summed E-state index contributed by atoms with van der Waals surface area (Å²) in [7, 11) is 1.61. The molecule has 0 amide bonds. The van der Waals surface area contributed by atoms with Crippen LogP contribution >= 0.6 is 0 Å². The molecule has 2 heteroatoms. The Balaban J connectivity index is 0. The van der Waals surface area contributed by atoms with Gasteiger partial charge in [-0.25, -0.2) is 9.78 Å². The second kappa shape index (κ2) is 11.7. The van der Waals surface area contributed by atoms with E-state index in [-0.39, 0.29) is 6.10 Å². The normalized spacial score (nSPS) is 17.7. The van der Waals surface area contributed by atoms with Gasteiger partial charge in [0.05, 0.1) is 13.2 Å². The van der Waals surface area contributed by atoms with Crippen LogP contribution in [-0.2, 0) is 9.78 Å². The molecule has 19 heavy (non-hydrogen) atoms. The van der Waals surface area contributed by atoms with Crippen molar-refractivity contribution in [1.29, 1.82) is 0 Å². The van der Waals surface area contributed by atoms with Crippen LogP contribution in [0.3, 0.4) is 0 Å². The van der Waals surface area contributed by atoms with Crippen molar-refractivity contribution in [1.82, 2.24) is 0 Å². The maximum atomic E-state index is 5.47. The van der Waals surface area contributed by atoms with Gasteiger partial charge in [0.1, 0.15) is 0 Å². The second-order valence-corrected chi connectivity index (χ2v) is 6.25. The van der Waals surface area contributed by atoms with Gasteiger partial charge >= 0.3 is 0 Å². The Bertz CT molecular complexity index is 190. The van der Waals surface area contributed by atoms with Crippen LogP contribution in [0.5, 0.6) is 0 Å². The van der Waals surface area contributed by atoms with Crippen molar-refractivity contribution in [2.45, 2.75) is 74.8 Å². The summed E-state index contributed by atoms with van der Waals surface area (Å²) in [5.41, 5.74) is 0. The topological polar surface area (TPSA) is 18.5 Å². The van der Waals surface area contributed by atoms with E-state index >= 15 is 0 Å². The first-order chi connectivity index (χ1) is 8.81. The molecule has 0 saturated heterocycles. The van der Waals surface area contributed by atoms with Crippen molar-refractivity contribution in [3.8, 4) is 0 Å². The third-order valence-corrected chi connectivity index (χ3v) is 4.22. The summed E-state index contributed by atoms with van der Waals surface area (Å²) in [6.07, 6.45) is 1.26. The summed E-state index contributed by atoms with van der Waals surface area (Å²) in [5.74, 6) is 3.23. The molecular formula is C17H38O2. The molecule has 0 aromatic heterocycles. The quantitative estimate of drug-likeness (QED) is 0.425. The van der Waals surface area contributed by atoms with Gasteiger partial charge in [0.2, 0.25) is 0 Å². The van der Waals surface area contributed by atoms with Gasteiger partial charge in [-0.2, -0.15) is 0 Å². The van der Waals surface area contributed by atoms with Gasteiger partial charge in [-0.3, -0.25) is 0 Å². The van der Waals surface area contributed by atoms with Crippen LogP contribution in [0.15, 0.2) is 0 Å². The van der Waals surface area contributed by atoms with E-state index in [1.165, 1.54) is 0 Å². The Morgan fingerprint density at radius 1 is 0.737 bits per heavy atom. The summed E-state index contributed by atoms with van der Waals surface area (Å²) < 4.78 is 0. The fourth-order valence-electron chi connectivity index (χ4n) is 2.35. The molecule has 2 nitrogen and oxygen atoms in total. The molecule has 0 spiro atoms. The van der Waals surface area contributed by atoms with E-state index < -0.39 is 0 Å². The summed E-state index contributed by atoms with van der Waals surface area (Å²) in [6.45, 7) is 20.0. The highest BCUT2D eigenvalue weighted by Crippen LogP contribution is 2.31. The average molecular weight is 274 g/mol. The van der Waals surface area contributed by atoms with Gasteiger partial charge in [-0.1, -0.05) is 62.3 Å². The Hall–Kier alpha value is -0.0800. The standard InChI is InChI=1S/C15H32O2.C2H6/c1-10(2)9-15(17-16-8)14(7)13(6)12(5)11(3)4;1-2/h10-15H,9H2,1-8H3;1-2H3. The van der Waals surface area contributed by atoms with E-state index in [4.69, 9.17) is 9.78 Å². The molecule has 0 aliphatic heterocycles. The SMILES string of the molecule is CC.COOC(CC(C)C)C(C)C(C)C(C)C(C)C. The monoisotopic (exact) mass is 274 g/mol. The van der Waals surface area contributed by atoms with Crippen LogP contribution in [-0.4, -0.2) is 13.2 Å². The van der Waals surface area contributed by atoms with Gasteiger partial charge in [0.25, 0.3) is 0 Å². The first kappa shape index (κ1) is 21.2. The predicted molar refractivity (Wildman–Crippen MR) is 85.0 cm³/mol. The minimum atomic E-state index is 0.205. The van der Waals surface area contributed by atoms with Crippen molar-refractivity contribution in [3.63, 3.8) is 0 Å². The van der Waals surface area contributed by atoms with Crippen LogP contribution in [0.2, 0.25) is 0 Å². The fourth-order valence-corrected chi connectivity index (χ4v) is 2.35. The van der Waals surface area contributed by atoms with Crippen LogP contribution < -0.4 is 0 Å². The molecule has 4 unspecified atom stereocenters. The summed E-state index contributed by atoms with van der Waals surface area (Å²) in [6, 6.07) is 0.